The molecular formula is C16H22ClIN2O. The zero-order chi connectivity index (χ0) is 15.0. The summed E-state index contributed by atoms with van der Waals surface area (Å²) in [4.78, 5) is 9.53. The van der Waals surface area contributed by atoms with Crippen molar-refractivity contribution in [1.82, 2.24) is 9.97 Å². The van der Waals surface area contributed by atoms with Gasteiger partial charge in [0.1, 0.15) is 10.8 Å². The SMILES string of the molecule is CCOC1(c2nc(Cl)c(I)c(C3CC3)n2)CCCC(C)C1. The minimum absolute atomic E-state index is 0.329. The summed E-state index contributed by atoms with van der Waals surface area (Å²) in [7, 11) is 0. The van der Waals surface area contributed by atoms with Crippen molar-refractivity contribution in [3.05, 3.63) is 20.2 Å². The van der Waals surface area contributed by atoms with Gasteiger partial charge in [-0.2, -0.15) is 0 Å². The molecule has 2 aliphatic rings. The van der Waals surface area contributed by atoms with Crippen molar-refractivity contribution in [2.45, 2.75) is 63.9 Å². The molecule has 2 saturated carbocycles. The average molecular weight is 421 g/mol. The number of rotatable bonds is 4. The van der Waals surface area contributed by atoms with Gasteiger partial charge in [-0.1, -0.05) is 24.9 Å². The van der Waals surface area contributed by atoms with Crippen LogP contribution in [-0.2, 0) is 10.3 Å². The van der Waals surface area contributed by atoms with Crippen molar-refractivity contribution in [3.63, 3.8) is 0 Å². The highest BCUT2D eigenvalue weighted by Crippen LogP contribution is 2.46. The van der Waals surface area contributed by atoms with E-state index in [0.717, 1.165) is 27.9 Å². The van der Waals surface area contributed by atoms with Crippen molar-refractivity contribution in [2.24, 2.45) is 5.92 Å². The van der Waals surface area contributed by atoms with E-state index in [2.05, 4.69) is 41.4 Å². The summed E-state index contributed by atoms with van der Waals surface area (Å²) in [6.07, 6.45) is 6.89. The summed E-state index contributed by atoms with van der Waals surface area (Å²) in [5, 5.41) is 0.597. The molecule has 0 bridgehead atoms. The molecule has 1 aromatic rings. The Balaban J connectivity index is 2.02. The fourth-order valence-electron chi connectivity index (χ4n) is 3.45. The summed E-state index contributed by atoms with van der Waals surface area (Å²) in [6, 6.07) is 0. The number of hydrogen-bond acceptors (Lipinski definition) is 3. The predicted molar refractivity (Wildman–Crippen MR) is 92.7 cm³/mol. The minimum atomic E-state index is -0.329. The summed E-state index contributed by atoms with van der Waals surface area (Å²) in [5.41, 5.74) is 0.812. The van der Waals surface area contributed by atoms with E-state index < -0.39 is 0 Å². The van der Waals surface area contributed by atoms with E-state index >= 15 is 0 Å². The summed E-state index contributed by atoms with van der Waals surface area (Å²) >= 11 is 8.67. The average Bonchev–Trinajstić information content (AvgIpc) is 3.26. The summed E-state index contributed by atoms with van der Waals surface area (Å²) < 4.78 is 7.21. The molecule has 116 valence electrons. The van der Waals surface area contributed by atoms with Crippen molar-refractivity contribution in [2.75, 3.05) is 6.61 Å². The Hall–Kier alpha value is 0.0600. The van der Waals surface area contributed by atoms with Crippen LogP contribution >= 0.6 is 34.2 Å². The molecule has 5 heteroatoms. The highest BCUT2D eigenvalue weighted by atomic mass is 127. The second-order valence-corrected chi connectivity index (χ2v) is 7.88. The maximum Gasteiger partial charge on any atom is 0.162 e. The summed E-state index contributed by atoms with van der Waals surface area (Å²) in [6.45, 7) is 5.04. The molecule has 3 rings (SSSR count). The van der Waals surface area contributed by atoms with Gasteiger partial charge in [0.25, 0.3) is 0 Å². The van der Waals surface area contributed by atoms with Crippen LogP contribution in [-0.4, -0.2) is 16.6 Å². The fraction of sp³-hybridized carbons (Fsp3) is 0.750. The van der Waals surface area contributed by atoms with E-state index in [1.807, 2.05) is 0 Å². The first-order chi connectivity index (χ1) is 10.1. The molecule has 2 aliphatic carbocycles. The van der Waals surface area contributed by atoms with Crippen LogP contribution < -0.4 is 0 Å². The molecule has 3 nitrogen and oxygen atoms in total. The molecule has 2 fully saturated rings. The van der Waals surface area contributed by atoms with Gasteiger partial charge in [-0.3, -0.25) is 0 Å². The fourth-order valence-corrected chi connectivity index (χ4v) is 4.30. The van der Waals surface area contributed by atoms with Gasteiger partial charge in [-0.05, 0) is 67.5 Å². The summed E-state index contributed by atoms with van der Waals surface area (Å²) in [5.74, 6) is 2.05. The van der Waals surface area contributed by atoms with Gasteiger partial charge in [0.15, 0.2) is 5.82 Å². The lowest BCUT2D eigenvalue weighted by molar-refractivity contribution is -0.0882. The van der Waals surface area contributed by atoms with Gasteiger partial charge >= 0.3 is 0 Å². The van der Waals surface area contributed by atoms with Crippen molar-refractivity contribution in [3.8, 4) is 0 Å². The highest BCUT2D eigenvalue weighted by Gasteiger charge is 2.41. The van der Waals surface area contributed by atoms with Crippen LogP contribution in [0.4, 0.5) is 0 Å². The van der Waals surface area contributed by atoms with E-state index in [1.165, 1.54) is 25.7 Å². The second kappa shape index (κ2) is 6.28. The molecule has 0 aromatic carbocycles. The lowest BCUT2D eigenvalue weighted by Gasteiger charge is -2.38. The third-order valence-corrected chi connectivity index (χ3v) is 6.24. The molecule has 0 N–H and O–H groups in total. The van der Waals surface area contributed by atoms with Gasteiger partial charge in [-0.15, -0.1) is 0 Å². The first-order valence-corrected chi connectivity index (χ1v) is 9.39. The van der Waals surface area contributed by atoms with Crippen molar-refractivity contribution >= 4 is 34.2 Å². The van der Waals surface area contributed by atoms with Gasteiger partial charge < -0.3 is 4.74 Å². The van der Waals surface area contributed by atoms with E-state index in [0.29, 0.717) is 23.6 Å². The maximum atomic E-state index is 6.39. The predicted octanol–water partition coefficient (Wildman–Crippen LogP) is 5.05. The lowest BCUT2D eigenvalue weighted by atomic mass is 9.78. The van der Waals surface area contributed by atoms with Crippen LogP contribution in [0.15, 0.2) is 0 Å². The van der Waals surface area contributed by atoms with Gasteiger partial charge in [0.2, 0.25) is 0 Å². The third kappa shape index (κ3) is 3.22. The second-order valence-electron chi connectivity index (χ2n) is 6.44. The van der Waals surface area contributed by atoms with Crippen LogP contribution in [0, 0.1) is 9.49 Å². The molecular weight excluding hydrogens is 399 g/mol. The number of halogens is 2. The molecule has 2 atom stereocenters. The molecule has 0 saturated heterocycles. The van der Waals surface area contributed by atoms with Crippen LogP contribution in [0.25, 0.3) is 0 Å². The van der Waals surface area contributed by atoms with E-state index in [-0.39, 0.29) is 5.60 Å². The number of nitrogens with zero attached hydrogens (tertiary/aromatic N) is 2. The molecule has 1 heterocycles. The Morgan fingerprint density at radius 2 is 2.10 bits per heavy atom. The quantitative estimate of drug-likeness (QED) is 0.505. The van der Waals surface area contributed by atoms with Crippen LogP contribution in [0.5, 0.6) is 0 Å². The Morgan fingerprint density at radius 1 is 1.33 bits per heavy atom. The molecule has 0 radical (unpaired) electrons. The third-order valence-electron chi connectivity index (χ3n) is 4.58. The largest absolute Gasteiger partial charge is 0.367 e. The van der Waals surface area contributed by atoms with Gasteiger partial charge in [0.05, 0.1) is 9.26 Å². The monoisotopic (exact) mass is 420 g/mol. The van der Waals surface area contributed by atoms with Crippen LogP contribution in [0.2, 0.25) is 5.15 Å². The number of ether oxygens (including phenoxy) is 1. The molecule has 0 aliphatic heterocycles. The Kier molecular flexibility index (Phi) is 4.77. The Morgan fingerprint density at radius 3 is 2.71 bits per heavy atom. The van der Waals surface area contributed by atoms with Crippen molar-refractivity contribution in [1.29, 1.82) is 0 Å². The molecule has 2 unspecified atom stereocenters. The molecule has 0 spiro atoms. The van der Waals surface area contributed by atoms with Crippen LogP contribution in [0.3, 0.4) is 0 Å². The molecule has 21 heavy (non-hydrogen) atoms. The Bertz CT molecular complexity index is 531. The Labute approximate surface area is 145 Å². The highest BCUT2D eigenvalue weighted by molar-refractivity contribution is 14.1. The number of hydrogen-bond donors (Lipinski definition) is 0. The first kappa shape index (κ1) is 15.9. The van der Waals surface area contributed by atoms with Gasteiger partial charge in [-0.25, -0.2) is 9.97 Å². The smallest absolute Gasteiger partial charge is 0.162 e. The van der Waals surface area contributed by atoms with E-state index in [4.69, 9.17) is 21.3 Å². The van der Waals surface area contributed by atoms with Crippen molar-refractivity contribution < 1.29 is 4.74 Å². The minimum Gasteiger partial charge on any atom is -0.367 e. The zero-order valence-corrected chi connectivity index (χ0v) is 15.6. The molecule has 0 amide bonds. The van der Waals surface area contributed by atoms with E-state index in [9.17, 15) is 0 Å². The molecule has 1 aromatic heterocycles. The maximum absolute atomic E-state index is 6.39. The zero-order valence-electron chi connectivity index (χ0n) is 12.7. The lowest BCUT2D eigenvalue weighted by Crippen LogP contribution is -2.37. The topological polar surface area (TPSA) is 35.0 Å². The van der Waals surface area contributed by atoms with Gasteiger partial charge in [0, 0.05) is 12.5 Å². The van der Waals surface area contributed by atoms with E-state index in [1.54, 1.807) is 0 Å². The first-order valence-electron chi connectivity index (χ1n) is 7.93. The normalized spacial score (nSPS) is 29.6. The van der Waals surface area contributed by atoms with Crippen LogP contribution in [0.1, 0.15) is 69.8 Å². The number of aromatic nitrogens is 2. The standard InChI is InChI=1S/C16H22ClIN2O/c1-3-21-16(8-4-5-10(2)9-16)15-19-13(11-6-7-11)12(18)14(17)20-15/h10-11H,3-9H2,1-2H3.